The Kier molecular flexibility index (Phi) is 10.6. The molecule has 25 heavy (non-hydrogen) atoms. The molecule has 0 aliphatic rings. The van der Waals surface area contributed by atoms with E-state index in [1.54, 1.807) is 13.2 Å². The van der Waals surface area contributed by atoms with Gasteiger partial charge >= 0.3 is 0 Å². The van der Waals surface area contributed by atoms with Crippen LogP contribution in [-0.2, 0) is 13.0 Å². The molecule has 1 aromatic heterocycles. The Labute approximate surface area is 167 Å². The minimum atomic E-state index is 0. The number of ether oxygens (including phenoxy) is 1. The number of rotatable bonds is 8. The average molecular weight is 454 g/mol. The summed E-state index contributed by atoms with van der Waals surface area (Å²) < 4.78 is 5.67. The molecule has 0 saturated heterocycles. The molecule has 1 aromatic carbocycles. The normalized spacial score (nSPS) is 10.7. The third kappa shape index (κ3) is 8.20. The van der Waals surface area contributed by atoms with E-state index in [-0.39, 0.29) is 24.0 Å². The summed E-state index contributed by atoms with van der Waals surface area (Å²) in [5, 5.41) is 6.58. The second-order valence-electron chi connectivity index (χ2n) is 5.42. The number of hydrogen-bond acceptors (Lipinski definition) is 3. The molecule has 1 heterocycles. The van der Waals surface area contributed by atoms with Gasteiger partial charge < -0.3 is 15.4 Å². The van der Waals surface area contributed by atoms with E-state index in [2.05, 4.69) is 39.7 Å². The Hall–Kier alpha value is -1.83. The number of aliphatic imine (C=N–C) groups is 1. The number of guanidine groups is 1. The van der Waals surface area contributed by atoms with Crippen LogP contribution in [0.2, 0.25) is 0 Å². The van der Waals surface area contributed by atoms with Crippen LogP contribution in [-0.4, -0.2) is 31.1 Å². The third-order valence-corrected chi connectivity index (χ3v) is 3.46. The molecule has 0 aliphatic carbocycles. The molecule has 136 valence electrons. The first-order chi connectivity index (χ1) is 11.8. The van der Waals surface area contributed by atoms with E-state index < -0.39 is 0 Å². The molecule has 0 radical (unpaired) electrons. The van der Waals surface area contributed by atoms with Crippen LogP contribution in [0, 0.1) is 0 Å². The molecular weight excluding hydrogens is 427 g/mol. The van der Waals surface area contributed by atoms with E-state index in [0.717, 1.165) is 43.4 Å². The molecule has 0 saturated carbocycles. The molecule has 0 fully saturated rings. The van der Waals surface area contributed by atoms with E-state index in [9.17, 15) is 0 Å². The fourth-order valence-corrected chi connectivity index (χ4v) is 2.23. The number of nitrogens with one attached hydrogen (secondary N) is 2. The SMILES string of the molecule is CCCOc1cccc(CCNC(=NC)NCc2ccccn2)c1.I. The lowest BCUT2D eigenvalue weighted by atomic mass is 10.1. The van der Waals surface area contributed by atoms with Gasteiger partial charge in [0.25, 0.3) is 0 Å². The standard InChI is InChI=1S/C19H26N4O.HI/c1-3-13-24-18-9-6-7-16(14-18)10-12-22-19(20-2)23-15-17-8-4-5-11-21-17;/h4-9,11,14H,3,10,12-13,15H2,1-2H3,(H2,20,22,23);1H. The maximum Gasteiger partial charge on any atom is 0.191 e. The van der Waals surface area contributed by atoms with Gasteiger partial charge in [-0.15, -0.1) is 24.0 Å². The van der Waals surface area contributed by atoms with Crippen molar-refractivity contribution in [1.82, 2.24) is 15.6 Å². The maximum atomic E-state index is 5.67. The summed E-state index contributed by atoms with van der Waals surface area (Å²) in [5.74, 6) is 1.71. The van der Waals surface area contributed by atoms with Crippen molar-refractivity contribution < 1.29 is 4.74 Å². The fourth-order valence-electron chi connectivity index (χ4n) is 2.23. The van der Waals surface area contributed by atoms with Crippen LogP contribution in [0.4, 0.5) is 0 Å². The Morgan fingerprint density at radius 3 is 2.76 bits per heavy atom. The largest absolute Gasteiger partial charge is 0.494 e. The van der Waals surface area contributed by atoms with Crippen LogP contribution in [0.5, 0.6) is 5.75 Å². The van der Waals surface area contributed by atoms with E-state index in [0.29, 0.717) is 6.54 Å². The monoisotopic (exact) mass is 454 g/mol. The lowest BCUT2D eigenvalue weighted by Gasteiger charge is -2.12. The van der Waals surface area contributed by atoms with Crippen LogP contribution in [0.1, 0.15) is 24.6 Å². The number of pyridine rings is 1. The lowest BCUT2D eigenvalue weighted by Crippen LogP contribution is -2.38. The van der Waals surface area contributed by atoms with Gasteiger partial charge in [-0.25, -0.2) is 0 Å². The molecule has 0 amide bonds. The van der Waals surface area contributed by atoms with Gasteiger partial charge in [-0.1, -0.05) is 25.1 Å². The summed E-state index contributed by atoms with van der Waals surface area (Å²) in [5.41, 5.74) is 2.23. The maximum absolute atomic E-state index is 5.67. The van der Waals surface area contributed by atoms with Gasteiger partial charge in [0.1, 0.15) is 5.75 Å². The zero-order chi connectivity index (χ0) is 17.0. The smallest absolute Gasteiger partial charge is 0.191 e. The predicted molar refractivity (Wildman–Crippen MR) is 114 cm³/mol. The second kappa shape index (κ2) is 12.5. The highest BCUT2D eigenvalue weighted by Gasteiger charge is 2.00. The van der Waals surface area contributed by atoms with Gasteiger partial charge in [0, 0.05) is 19.8 Å². The third-order valence-electron chi connectivity index (χ3n) is 3.46. The quantitative estimate of drug-likeness (QED) is 0.365. The molecule has 0 atom stereocenters. The predicted octanol–water partition coefficient (Wildman–Crippen LogP) is 3.40. The Morgan fingerprint density at radius 1 is 1.16 bits per heavy atom. The highest BCUT2D eigenvalue weighted by atomic mass is 127. The molecule has 2 N–H and O–H groups in total. The minimum Gasteiger partial charge on any atom is -0.494 e. The van der Waals surface area contributed by atoms with Crippen molar-refractivity contribution in [3.63, 3.8) is 0 Å². The summed E-state index contributed by atoms with van der Waals surface area (Å²) >= 11 is 0. The molecule has 0 spiro atoms. The van der Waals surface area contributed by atoms with Crippen LogP contribution in [0.15, 0.2) is 53.7 Å². The number of hydrogen-bond donors (Lipinski definition) is 2. The van der Waals surface area contributed by atoms with Crippen molar-refractivity contribution in [3.8, 4) is 5.75 Å². The number of halogens is 1. The summed E-state index contributed by atoms with van der Waals surface area (Å²) in [6.45, 7) is 4.32. The molecule has 0 bridgehead atoms. The van der Waals surface area contributed by atoms with Crippen molar-refractivity contribution in [2.45, 2.75) is 26.3 Å². The van der Waals surface area contributed by atoms with Gasteiger partial charge in [0.05, 0.1) is 18.8 Å². The van der Waals surface area contributed by atoms with Gasteiger partial charge in [-0.05, 0) is 42.7 Å². The van der Waals surface area contributed by atoms with Crippen LogP contribution >= 0.6 is 24.0 Å². The number of benzene rings is 1. The second-order valence-corrected chi connectivity index (χ2v) is 5.42. The summed E-state index contributed by atoms with van der Waals surface area (Å²) in [6.07, 6.45) is 3.72. The first-order valence-electron chi connectivity index (χ1n) is 8.38. The van der Waals surface area contributed by atoms with Crippen LogP contribution < -0.4 is 15.4 Å². The topological polar surface area (TPSA) is 58.5 Å². The lowest BCUT2D eigenvalue weighted by molar-refractivity contribution is 0.317. The fraction of sp³-hybridized carbons (Fsp3) is 0.368. The van der Waals surface area contributed by atoms with Crippen molar-refractivity contribution in [1.29, 1.82) is 0 Å². The summed E-state index contributed by atoms with van der Waals surface area (Å²) in [7, 11) is 1.77. The van der Waals surface area contributed by atoms with Gasteiger partial charge in [-0.2, -0.15) is 0 Å². The van der Waals surface area contributed by atoms with Gasteiger partial charge in [0.2, 0.25) is 0 Å². The van der Waals surface area contributed by atoms with Crippen molar-refractivity contribution in [3.05, 3.63) is 59.9 Å². The van der Waals surface area contributed by atoms with E-state index in [1.165, 1.54) is 5.56 Å². The van der Waals surface area contributed by atoms with Gasteiger partial charge in [0.15, 0.2) is 5.96 Å². The highest BCUT2D eigenvalue weighted by molar-refractivity contribution is 14.0. The Morgan fingerprint density at radius 2 is 2.04 bits per heavy atom. The molecule has 2 rings (SSSR count). The Balaban J connectivity index is 0.00000312. The minimum absolute atomic E-state index is 0. The van der Waals surface area contributed by atoms with Crippen LogP contribution in [0.3, 0.4) is 0 Å². The molecule has 5 nitrogen and oxygen atoms in total. The van der Waals surface area contributed by atoms with E-state index >= 15 is 0 Å². The van der Waals surface area contributed by atoms with Crippen molar-refractivity contribution in [2.24, 2.45) is 4.99 Å². The molecule has 0 unspecified atom stereocenters. The number of nitrogens with zero attached hydrogens (tertiary/aromatic N) is 2. The zero-order valence-electron chi connectivity index (χ0n) is 14.9. The van der Waals surface area contributed by atoms with Crippen molar-refractivity contribution in [2.75, 3.05) is 20.2 Å². The molecular formula is C19H27IN4O. The molecule has 2 aromatic rings. The van der Waals surface area contributed by atoms with Crippen molar-refractivity contribution >= 4 is 29.9 Å². The summed E-state index contributed by atoms with van der Waals surface area (Å²) in [6, 6.07) is 14.1. The highest BCUT2D eigenvalue weighted by Crippen LogP contribution is 2.13. The van der Waals surface area contributed by atoms with E-state index in [1.807, 2.05) is 30.3 Å². The summed E-state index contributed by atoms with van der Waals surface area (Å²) in [4.78, 5) is 8.52. The molecule has 6 heteroatoms. The number of aromatic nitrogens is 1. The first-order valence-corrected chi connectivity index (χ1v) is 8.38. The van der Waals surface area contributed by atoms with Crippen LogP contribution in [0.25, 0.3) is 0 Å². The van der Waals surface area contributed by atoms with E-state index in [4.69, 9.17) is 4.74 Å². The molecule has 0 aliphatic heterocycles. The first kappa shape index (κ1) is 21.2. The average Bonchev–Trinajstić information content (AvgIpc) is 2.64. The Bertz CT molecular complexity index is 634. The zero-order valence-corrected chi connectivity index (χ0v) is 17.2. The van der Waals surface area contributed by atoms with Gasteiger partial charge in [-0.3, -0.25) is 9.98 Å².